The third-order valence-electron chi connectivity index (χ3n) is 4.25. The summed E-state index contributed by atoms with van der Waals surface area (Å²) in [6, 6.07) is 16.2. The van der Waals surface area contributed by atoms with Crippen molar-refractivity contribution in [2.24, 2.45) is 0 Å². The first kappa shape index (κ1) is 15.7. The fourth-order valence-electron chi connectivity index (χ4n) is 2.77. The van der Waals surface area contributed by atoms with Gasteiger partial charge in [-0.05, 0) is 36.1 Å². The normalized spacial score (nSPS) is 12.2. The highest BCUT2D eigenvalue weighted by atomic mass is 32.1. The van der Waals surface area contributed by atoms with Crippen molar-refractivity contribution in [2.45, 2.75) is 20.3 Å². The van der Waals surface area contributed by atoms with Crippen molar-refractivity contribution in [3.8, 4) is 11.4 Å². The van der Waals surface area contributed by atoms with Gasteiger partial charge in [0, 0.05) is 5.56 Å². The first-order valence-corrected chi connectivity index (χ1v) is 9.03. The Kier molecular flexibility index (Phi) is 3.93. The highest BCUT2D eigenvalue weighted by Gasteiger charge is 2.13. The van der Waals surface area contributed by atoms with Crippen molar-refractivity contribution in [2.75, 3.05) is 0 Å². The molecule has 0 aliphatic heterocycles. The van der Waals surface area contributed by atoms with Crippen molar-refractivity contribution in [1.82, 2.24) is 14.6 Å². The van der Waals surface area contributed by atoms with Gasteiger partial charge >= 0.3 is 0 Å². The van der Waals surface area contributed by atoms with E-state index in [4.69, 9.17) is 0 Å². The number of aromatic nitrogens is 3. The van der Waals surface area contributed by atoms with Gasteiger partial charge in [0.2, 0.25) is 4.96 Å². The van der Waals surface area contributed by atoms with Gasteiger partial charge < -0.3 is 0 Å². The first-order valence-electron chi connectivity index (χ1n) is 8.22. The summed E-state index contributed by atoms with van der Waals surface area (Å²) in [4.78, 5) is 17.8. The Balaban J connectivity index is 1.79. The third-order valence-corrected chi connectivity index (χ3v) is 5.21. The second-order valence-electron chi connectivity index (χ2n) is 5.96. The van der Waals surface area contributed by atoms with E-state index < -0.39 is 0 Å². The Bertz CT molecular complexity index is 1160. The van der Waals surface area contributed by atoms with Gasteiger partial charge in [-0.2, -0.15) is 9.50 Å². The topological polar surface area (TPSA) is 47.3 Å². The summed E-state index contributed by atoms with van der Waals surface area (Å²) in [6.07, 6.45) is 2.90. The number of aryl methyl sites for hydroxylation is 2. The summed E-state index contributed by atoms with van der Waals surface area (Å²) in [5, 5.41) is 4.42. The van der Waals surface area contributed by atoms with Crippen molar-refractivity contribution in [3.05, 3.63) is 80.1 Å². The van der Waals surface area contributed by atoms with Gasteiger partial charge in [-0.15, -0.1) is 5.10 Å². The lowest BCUT2D eigenvalue weighted by molar-refractivity contribution is 0.936. The van der Waals surface area contributed by atoms with Gasteiger partial charge in [-0.25, -0.2) is 0 Å². The molecule has 0 aliphatic carbocycles. The van der Waals surface area contributed by atoms with Crippen LogP contribution in [0.5, 0.6) is 0 Å². The summed E-state index contributed by atoms with van der Waals surface area (Å²) in [5.41, 5.74) is 4.23. The van der Waals surface area contributed by atoms with E-state index >= 15 is 0 Å². The summed E-state index contributed by atoms with van der Waals surface area (Å²) < 4.78 is 2.05. The lowest BCUT2D eigenvalue weighted by Gasteiger charge is -1.98. The van der Waals surface area contributed by atoms with Crippen LogP contribution in [0.15, 0.2) is 53.3 Å². The summed E-state index contributed by atoms with van der Waals surface area (Å²) >= 11 is 1.37. The SMILES string of the molecule is CCc1ccc(/C=c2\sc3nc(-c4ccccc4C)nn3c2=O)cc1. The molecule has 0 radical (unpaired) electrons. The molecular weight excluding hydrogens is 330 g/mol. The molecule has 5 heteroatoms. The molecule has 0 saturated heterocycles. The minimum Gasteiger partial charge on any atom is -0.266 e. The molecule has 4 rings (SSSR count). The zero-order valence-electron chi connectivity index (χ0n) is 14.1. The van der Waals surface area contributed by atoms with E-state index in [1.54, 1.807) is 0 Å². The molecule has 4 nitrogen and oxygen atoms in total. The molecule has 0 N–H and O–H groups in total. The third kappa shape index (κ3) is 2.87. The Morgan fingerprint density at radius 1 is 1.12 bits per heavy atom. The van der Waals surface area contributed by atoms with Crippen LogP contribution in [0.25, 0.3) is 22.4 Å². The molecular formula is C20H17N3OS. The van der Waals surface area contributed by atoms with Gasteiger partial charge in [0.25, 0.3) is 5.56 Å². The molecule has 0 aliphatic rings. The predicted molar refractivity (Wildman–Crippen MR) is 102 cm³/mol. The number of fused-ring (bicyclic) bond motifs is 1. The number of hydrogen-bond acceptors (Lipinski definition) is 4. The second kappa shape index (κ2) is 6.26. The van der Waals surface area contributed by atoms with Gasteiger partial charge in [-0.3, -0.25) is 4.79 Å². The Hall–Kier alpha value is -2.79. The minimum absolute atomic E-state index is 0.119. The monoisotopic (exact) mass is 347 g/mol. The zero-order valence-corrected chi connectivity index (χ0v) is 14.9. The lowest BCUT2D eigenvalue weighted by atomic mass is 10.1. The van der Waals surface area contributed by atoms with Crippen molar-refractivity contribution in [3.63, 3.8) is 0 Å². The maximum absolute atomic E-state index is 12.6. The van der Waals surface area contributed by atoms with E-state index in [1.165, 1.54) is 21.4 Å². The van der Waals surface area contributed by atoms with E-state index in [0.29, 0.717) is 15.3 Å². The maximum Gasteiger partial charge on any atom is 0.291 e. The lowest BCUT2D eigenvalue weighted by Crippen LogP contribution is -2.23. The molecule has 0 amide bonds. The van der Waals surface area contributed by atoms with Crippen LogP contribution in [0.1, 0.15) is 23.6 Å². The Morgan fingerprint density at radius 3 is 2.56 bits per heavy atom. The molecule has 0 bridgehead atoms. The van der Waals surface area contributed by atoms with Crippen molar-refractivity contribution in [1.29, 1.82) is 0 Å². The fourth-order valence-corrected chi connectivity index (χ4v) is 3.68. The van der Waals surface area contributed by atoms with Gasteiger partial charge in [0.05, 0.1) is 4.53 Å². The molecule has 4 aromatic rings. The van der Waals surface area contributed by atoms with Crippen molar-refractivity contribution < 1.29 is 0 Å². The summed E-state index contributed by atoms with van der Waals surface area (Å²) in [6.45, 7) is 4.14. The van der Waals surface area contributed by atoms with Crippen LogP contribution in [0.3, 0.4) is 0 Å². The highest BCUT2D eigenvalue weighted by Crippen LogP contribution is 2.20. The van der Waals surface area contributed by atoms with E-state index in [2.05, 4.69) is 29.1 Å². The van der Waals surface area contributed by atoms with E-state index in [0.717, 1.165) is 23.1 Å². The van der Waals surface area contributed by atoms with Crippen molar-refractivity contribution >= 4 is 22.4 Å². The van der Waals surface area contributed by atoms with Crippen LogP contribution in [-0.2, 0) is 6.42 Å². The molecule has 0 spiro atoms. The minimum atomic E-state index is -0.119. The van der Waals surface area contributed by atoms with Gasteiger partial charge in [-0.1, -0.05) is 66.8 Å². The number of hydrogen-bond donors (Lipinski definition) is 0. The zero-order chi connectivity index (χ0) is 17.4. The molecule has 2 aromatic heterocycles. The Morgan fingerprint density at radius 2 is 1.88 bits per heavy atom. The van der Waals surface area contributed by atoms with Crippen LogP contribution in [0, 0.1) is 6.92 Å². The summed E-state index contributed by atoms with van der Waals surface area (Å²) in [5.74, 6) is 0.597. The van der Waals surface area contributed by atoms with Crippen LogP contribution in [0.4, 0.5) is 0 Å². The number of nitrogens with zero attached hydrogens (tertiary/aromatic N) is 3. The number of benzene rings is 2. The van der Waals surface area contributed by atoms with E-state index in [-0.39, 0.29) is 5.56 Å². The largest absolute Gasteiger partial charge is 0.291 e. The predicted octanol–water partition coefficient (Wildman–Crippen LogP) is 3.24. The van der Waals surface area contributed by atoms with Crippen LogP contribution < -0.4 is 10.1 Å². The maximum atomic E-state index is 12.6. The Labute approximate surface area is 149 Å². The molecule has 2 aromatic carbocycles. The molecule has 0 unspecified atom stereocenters. The van der Waals surface area contributed by atoms with Gasteiger partial charge in [0.1, 0.15) is 0 Å². The molecule has 0 saturated carbocycles. The number of rotatable bonds is 3. The molecule has 0 fully saturated rings. The molecule has 25 heavy (non-hydrogen) atoms. The smallest absolute Gasteiger partial charge is 0.266 e. The average Bonchev–Trinajstić information content (AvgIpc) is 3.16. The second-order valence-corrected chi connectivity index (χ2v) is 6.96. The highest BCUT2D eigenvalue weighted by molar-refractivity contribution is 7.15. The summed E-state index contributed by atoms with van der Waals surface area (Å²) in [7, 11) is 0. The average molecular weight is 347 g/mol. The molecule has 124 valence electrons. The quantitative estimate of drug-likeness (QED) is 0.572. The first-order chi connectivity index (χ1) is 12.2. The fraction of sp³-hybridized carbons (Fsp3) is 0.150. The molecule has 0 atom stereocenters. The molecule has 2 heterocycles. The van der Waals surface area contributed by atoms with Crippen LogP contribution >= 0.6 is 11.3 Å². The van der Waals surface area contributed by atoms with E-state index in [1.807, 2.05) is 49.4 Å². The van der Waals surface area contributed by atoms with E-state index in [9.17, 15) is 4.79 Å². The van der Waals surface area contributed by atoms with Gasteiger partial charge in [0.15, 0.2) is 5.82 Å². The van der Waals surface area contributed by atoms with Crippen LogP contribution in [0.2, 0.25) is 0 Å². The van der Waals surface area contributed by atoms with Crippen LogP contribution in [-0.4, -0.2) is 14.6 Å². The standard InChI is InChI=1S/C20H17N3OS/c1-3-14-8-10-15(11-9-14)12-17-19(24)23-20(25-17)21-18(22-23)16-7-5-4-6-13(16)2/h4-12H,3H2,1-2H3/b17-12-. The number of thiazole rings is 1.